The van der Waals surface area contributed by atoms with Gasteiger partial charge in [-0.15, -0.1) is 0 Å². The second-order valence-corrected chi connectivity index (χ2v) is 6.41. The summed E-state index contributed by atoms with van der Waals surface area (Å²) in [4.78, 5) is 11.6. The first kappa shape index (κ1) is 16.3. The Bertz CT molecular complexity index is 336. The van der Waals surface area contributed by atoms with Crippen molar-refractivity contribution in [1.29, 1.82) is 0 Å². The van der Waals surface area contributed by atoms with Gasteiger partial charge in [0.2, 0.25) is 0 Å². The summed E-state index contributed by atoms with van der Waals surface area (Å²) >= 11 is 0. The van der Waals surface area contributed by atoms with E-state index in [4.69, 9.17) is 0 Å². The number of carboxylic acids is 1. The second-order valence-electron chi connectivity index (χ2n) is 6.41. The summed E-state index contributed by atoms with van der Waals surface area (Å²) < 4.78 is 37.2. The van der Waals surface area contributed by atoms with Crippen LogP contribution in [0.3, 0.4) is 0 Å². The molecule has 1 aliphatic rings. The zero-order valence-corrected chi connectivity index (χ0v) is 11.6. The third kappa shape index (κ3) is 3.84. The Hall–Kier alpha value is -0.780. The van der Waals surface area contributed by atoms with Gasteiger partial charge in [0.1, 0.15) is 5.54 Å². The Labute approximate surface area is 111 Å². The monoisotopic (exact) mass is 281 g/mol. The molecule has 1 rings (SSSR count). The summed E-state index contributed by atoms with van der Waals surface area (Å²) in [6, 6.07) is 0. The van der Waals surface area contributed by atoms with Crippen LogP contribution in [0.15, 0.2) is 0 Å². The minimum atomic E-state index is -4.40. The molecule has 0 amide bonds. The normalized spacial score (nSPS) is 29.3. The number of halogens is 3. The van der Waals surface area contributed by atoms with Gasteiger partial charge in [-0.25, -0.2) is 0 Å². The van der Waals surface area contributed by atoms with Crippen LogP contribution in [0.2, 0.25) is 0 Å². The Balaban J connectivity index is 3.03. The standard InChI is InChI=1S/C13H22F3NO2/c1-11(2,3)9-6-4-5-7-12(9,10(18)19)17-8-13(14,15)16/h9,17H,4-8H2,1-3H3,(H,18,19). The molecule has 0 spiro atoms. The van der Waals surface area contributed by atoms with Crippen molar-refractivity contribution in [1.82, 2.24) is 5.32 Å². The van der Waals surface area contributed by atoms with Crippen molar-refractivity contribution < 1.29 is 23.1 Å². The van der Waals surface area contributed by atoms with Gasteiger partial charge in [-0.1, -0.05) is 33.6 Å². The van der Waals surface area contributed by atoms with E-state index in [2.05, 4.69) is 5.32 Å². The second kappa shape index (κ2) is 5.31. The van der Waals surface area contributed by atoms with Gasteiger partial charge >= 0.3 is 12.1 Å². The Morgan fingerprint density at radius 1 is 1.32 bits per heavy atom. The van der Waals surface area contributed by atoms with E-state index in [9.17, 15) is 23.1 Å². The maximum Gasteiger partial charge on any atom is 0.401 e. The highest BCUT2D eigenvalue weighted by Gasteiger charge is 2.52. The van der Waals surface area contributed by atoms with Crippen LogP contribution in [-0.4, -0.2) is 29.3 Å². The van der Waals surface area contributed by atoms with Crippen molar-refractivity contribution in [2.24, 2.45) is 11.3 Å². The highest BCUT2D eigenvalue weighted by atomic mass is 19.4. The number of nitrogens with one attached hydrogen (secondary N) is 1. The molecule has 0 aromatic carbocycles. The predicted octanol–water partition coefficient (Wildman–Crippen LogP) is 3.20. The fraction of sp³-hybridized carbons (Fsp3) is 0.923. The van der Waals surface area contributed by atoms with Crippen LogP contribution in [0.25, 0.3) is 0 Å². The fourth-order valence-electron chi connectivity index (χ4n) is 3.15. The van der Waals surface area contributed by atoms with Crippen molar-refractivity contribution in [2.75, 3.05) is 6.54 Å². The average Bonchev–Trinajstić information content (AvgIpc) is 2.24. The molecular formula is C13H22F3NO2. The number of hydrogen-bond acceptors (Lipinski definition) is 2. The molecule has 1 aliphatic carbocycles. The maximum atomic E-state index is 12.4. The topological polar surface area (TPSA) is 49.3 Å². The number of hydrogen-bond donors (Lipinski definition) is 2. The SMILES string of the molecule is CC(C)(C)C1CCCCC1(NCC(F)(F)F)C(=O)O. The minimum absolute atomic E-state index is 0.250. The molecule has 0 heterocycles. The molecule has 3 nitrogen and oxygen atoms in total. The molecule has 0 aliphatic heterocycles. The predicted molar refractivity (Wildman–Crippen MR) is 65.8 cm³/mol. The summed E-state index contributed by atoms with van der Waals surface area (Å²) in [5.41, 5.74) is -1.82. The van der Waals surface area contributed by atoms with Crippen LogP contribution in [0, 0.1) is 11.3 Å². The van der Waals surface area contributed by atoms with Gasteiger partial charge in [0.15, 0.2) is 0 Å². The van der Waals surface area contributed by atoms with E-state index in [0.29, 0.717) is 12.8 Å². The van der Waals surface area contributed by atoms with E-state index in [1.54, 1.807) is 0 Å². The third-order valence-electron chi connectivity index (χ3n) is 3.94. The molecule has 0 aromatic rings. The number of alkyl halides is 3. The molecule has 1 saturated carbocycles. The number of rotatable bonds is 3. The van der Waals surface area contributed by atoms with E-state index >= 15 is 0 Å². The maximum absolute atomic E-state index is 12.4. The van der Waals surface area contributed by atoms with Crippen LogP contribution in [0.5, 0.6) is 0 Å². The van der Waals surface area contributed by atoms with Gasteiger partial charge in [-0.05, 0) is 24.2 Å². The number of carboxylic acid groups (broad SMARTS) is 1. The smallest absolute Gasteiger partial charge is 0.401 e. The van der Waals surface area contributed by atoms with E-state index in [1.807, 2.05) is 20.8 Å². The van der Waals surface area contributed by atoms with Gasteiger partial charge in [0.05, 0.1) is 6.54 Å². The molecule has 0 aromatic heterocycles. The van der Waals surface area contributed by atoms with Gasteiger partial charge in [0, 0.05) is 0 Å². The largest absolute Gasteiger partial charge is 0.480 e. The lowest BCUT2D eigenvalue weighted by atomic mass is 9.62. The molecule has 2 N–H and O–H groups in total. The lowest BCUT2D eigenvalue weighted by molar-refractivity contribution is -0.159. The molecule has 0 bridgehead atoms. The minimum Gasteiger partial charge on any atom is -0.480 e. The summed E-state index contributed by atoms with van der Waals surface area (Å²) in [7, 11) is 0. The van der Waals surface area contributed by atoms with Crippen molar-refractivity contribution in [3.05, 3.63) is 0 Å². The first-order valence-electron chi connectivity index (χ1n) is 6.54. The van der Waals surface area contributed by atoms with Gasteiger partial charge in [-0.2, -0.15) is 13.2 Å². The Morgan fingerprint density at radius 3 is 2.32 bits per heavy atom. The third-order valence-corrected chi connectivity index (χ3v) is 3.94. The van der Waals surface area contributed by atoms with E-state index in [1.165, 1.54) is 0 Å². The van der Waals surface area contributed by atoms with Crippen LogP contribution in [-0.2, 0) is 4.79 Å². The molecule has 0 saturated heterocycles. The van der Waals surface area contributed by atoms with Crippen molar-refractivity contribution in [3.63, 3.8) is 0 Å². The summed E-state index contributed by atoms with van der Waals surface area (Å²) in [6.45, 7) is 4.40. The molecule has 6 heteroatoms. The zero-order valence-electron chi connectivity index (χ0n) is 11.6. The van der Waals surface area contributed by atoms with Crippen molar-refractivity contribution >= 4 is 5.97 Å². The summed E-state index contributed by atoms with van der Waals surface area (Å²) in [6.07, 6.45) is -2.00. The Kier molecular flexibility index (Phi) is 4.55. The van der Waals surface area contributed by atoms with Crippen molar-refractivity contribution in [2.45, 2.75) is 58.2 Å². The summed E-state index contributed by atoms with van der Waals surface area (Å²) in [5.74, 6) is -1.48. The molecular weight excluding hydrogens is 259 g/mol. The van der Waals surface area contributed by atoms with Crippen LogP contribution in [0.1, 0.15) is 46.5 Å². The van der Waals surface area contributed by atoms with E-state index in [-0.39, 0.29) is 17.8 Å². The van der Waals surface area contributed by atoms with Gasteiger partial charge in [0.25, 0.3) is 0 Å². The lowest BCUT2D eigenvalue weighted by Gasteiger charge is -2.48. The van der Waals surface area contributed by atoms with Gasteiger partial charge in [-0.3, -0.25) is 10.1 Å². The zero-order chi connectivity index (χ0) is 14.9. The molecule has 19 heavy (non-hydrogen) atoms. The van der Waals surface area contributed by atoms with E-state index in [0.717, 1.165) is 6.42 Å². The lowest BCUT2D eigenvalue weighted by Crippen LogP contribution is -2.63. The highest BCUT2D eigenvalue weighted by Crippen LogP contribution is 2.44. The highest BCUT2D eigenvalue weighted by molar-refractivity contribution is 5.79. The molecule has 2 atom stereocenters. The van der Waals surface area contributed by atoms with Crippen LogP contribution < -0.4 is 5.32 Å². The van der Waals surface area contributed by atoms with Crippen molar-refractivity contribution in [3.8, 4) is 0 Å². The fourth-order valence-corrected chi connectivity index (χ4v) is 3.15. The van der Waals surface area contributed by atoms with Gasteiger partial charge < -0.3 is 5.11 Å². The van der Waals surface area contributed by atoms with Crippen LogP contribution >= 0.6 is 0 Å². The Morgan fingerprint density at radius 2 is 1.89 bits per heavy atom. The first-order valence-corrected chi connectivity index (χ1v) is 6.54. The first-order chi connectivity index (χ1) is 8.49. The summed E-state index contributed by atoms with van der Waals surface area (Å²) in [5, 5.41) is 11.8. The average molecular weight is 281 g/mol. The quantitative estimate of drug-likeness (QED) is 0.835. The molecule has 2 unspecified atom stereocenters. The van der Waals surface area contributed by atoms with Crippen LogP contribution in [0.4, 0.5) is 13.2 Å². The molecule has 112 valence electrons. The molecule has 0 radical (unpaired) electrons. The number of carbonyl (C=O) groups is 1. The van der Waals surface area contributed by atoms with E-state index < -0.39 is 24.2 Å². The number of aliphatic carboxylic acids is 1. The molecule has 1 fully saturated rings.